The molecule has 1 N–H and O–H groups in total. The number of benzene rings is 2. The predicted octanol–water partition coefficient (Wildman–Crippen LogP) is 5.89. The van der Waals surface area contributed by atoms with Gasteiger partial charge < -0.3 is 5.32 Å². The number of hydrogen-bond donors (Lipinski definition) is 1. The van der Waals surface area contributed by atoms with Gasteiger partial charge >= 0.3 is 0 Å². The molecule has 1 amide bonds. The van der Waals surface area contributed by atoms with Crippen LogP contribution >= 0.6 is 27.3 Å². The van der Waals surface area contributed by atoms with Gasteiger partial charge in [-0.3, -0.25) is 9.78 Å². The van der Waals surface area contributed by atoms with Crippen LogP contribution in [0.15, 0.2) is 82.9 Å². The summed E-state index contributed by atoms with van der Waals surface area (Å²) < 4.78 is 0.767. The highest BCUT2D eigenvalue weighted by molar-refractivity contribution is 9.10. The summed E-state index contributed by atoms with van der Waals surface area (Å²) in [6, 6.07) is 19.5. The fourth-order valence-electron chi connectivity index (χ4n) is 2.58. The Morgan fingerprint density at radius 1 is 0.963 bits per heavy atom. The Bertz CT molecular complexity index is 1080. The second-order valence-corrected chi connectivity index (χ2v) is 7.60. The summed E-state index contributed by atoms with van der Waals surface area (Å²) in [5.74, 6) is -0.198. The first-order valence-electron chi connectivity index (χ1n) is 8.22. The molecule has 0 spiro atoms. The molecular formula is C21H14BrN3OS. The van der Waals surface area contributed by atoms with Gasteiger partial charge in [0.15, 0.2) is 0 Å². The molecule has 4 aromatic rings. The summed E-state index contributed by atoms with van der Waals surface area (Å²) in [6.45, 7) is 0. The van der Waals surface area contributed by atoms with Crippen molar-refractivity contribution in [2.45, 2.75) is 0 Å². The number of nitrogens with zero attached hydrogens (tertiary/aromatic N) is 2. The van der Waals surface area contributed by atoms with Gasteiger partial charge in [0.2, 0.25) is 0 Å². The SMILES string of the molecule is O=C(Nc1ccc(-c2csc(-c3ccccc3)n2)cc1)c1cncc(Br)c1. The first-order valence-corrected chi connectivity index (χ1v) is 9.89. The van der Waals surface area contributed by atoms with E-state index in [2.05, 4.69) is 38.4 Å². The summed E-state index contributed by atoms with van der Waals surface area (Å²) in [5, 5.41) is 5.91. The van der Waals surface area contributed by atoms with Crippen molar-refractivity contribution >= 4 is 38.9 Å². The zero-order valence-corrected chi connectivity index (χ0v) is 16.5. The third-order valence-corrected chi connectivity index (χ3v) is 5.26. The molecule has 0 unspecified atom stereocenters. The average molecular weight is 436 g/mol. The van der Waals surface area contributed by atoms with Gasteiger partial charge in [-0.15, -0.1) is 11.3 Å². The third kappa shape index (κ3) is 4.13. The molecule has 0 aliphatic heterocycles. The largest absolute Gasteiger partial charge is 0.322 e. The van der Waals surface area contributed by atoms with Gasteiger partial charge in [-0.1, -0.05) is 42.5 Å². The standard InChI is InChI=1S/C21H14BrN3OS/c22-17-10-16(11-23-12-17)20(26)24-18-8-6-14(7-9-18)19-13-27-21(25-19)15-4-2-1-3-5-15/h1-13H,(H,24,26). The maximum atomic E-state index is 12.3. The summed E-state index contributed by atoms with van der Waals surface area (Å²) >= 11 is 4.94. The maximum Gasteiger partial charge on any atom is 0.257 e. The van der Waals surface area contributed by atoms with Crippen molar-refractivity contribution in [1.29, 1.82) is 0 Å². The van der Waals surface area contributed by atoms with E-state index >= 15 is 0 Å². The number of hydrogen-bond acceptors (Lipinski definition) is 4. The number of rotatable bonds is 4. The normalized spacial score (nSPS) is 10.6. The van der Waals surface area contributed by atoms with Gasteiger partial charge in [0.1, 0.15) is 5.01 Å². The smallest absolute Gasteiger partial charge is 0.257 e. The molecule has 0 atom stereocenters. The summed E-state index contributed by atoms with van der Waals surface area (Å²) in [4.78, 5) is 21.0. The minimum absolute atomic E-state index is 0.198. The second kappa shape index (κ2) is 7.82. The zero-order valence-electron chi connectivity index (χ0n) is 14.1. The van der Waals surface area contributed by atoms with E-state index in [-0.39, 0.29) is 5.91 Å². The highest BCUT2D eigenvalue weighted by Gasteiger charge is 2.09. The van der Waals surface area contributed by atoms with Gasteiger partial charge in [-0.05, 0) is 34.1 Å². The highest BCUT2D eigenvalue weighted by Crippen LogP contribution is 2.29. The second-order valence-electron chi connectivity index (χ2n) is 5.83. The van der Waals surface area contributed by atoms with Crippen molar-refractivity contribution in [3.05, 3.63) is 88.5 Å². The summed E-state index contributed by atoms with van der Waals surface area (Å²) in [5.41, 5.74) is 4.27. The number of halogens is 1. The Morgan fingerprint density at radius 2 is 1.74 bits per heavy atom. The Morgan fingerprint density at radius 3 is 2.48 bits per heavy atom. The van der Waals surface area contributed by atoms with Crippen LogP contribution in [0.2, 0.25) is 0 Å². The lowest BCUT2D eigenvalue weighted by Gasteiger charge is -2.06. The molecule has 0 bridgehead atoms. The molecular weight excluding hydrogens is 422 g/mol. The van der Waals surface area contributed by atoms with Crippen LogP contribution in [0.25, 0.3) is 21.8 Å². The molecule has 132 valence electrons. The van der Waals surface area contributed by atoms with E-state index in [4.69, 9.17) is 4.98 Å². The molecule has 0 saturated carbocycles. The van der Waals surface area contributed by atoms with E-state index in [0.717, 1.165) is 32.0 Å². The number of pyridine rings is 1. The molecule has 0 fully saturated rings. The Balaban J connectivity index is 1.49. The molecule has 0 aliphatic carbocycles. The third-order valence-electron chi connectivity index (χ3n) is 3.93. The fourth-order valence-corrected chi connectivity index (χ4v) is 3.78. The van der Waals surface area contributed by atoms with E-state index in [1.54, 1.807) is 23.6 Å². The lowest BCUT2D eigenvalue weighted by atomic mass is 10.1. The molecule has 0 aliphatic rings. The van der Waals surface area contributed by atoms with E-state index in [0.29, 0.717) is 5.56 Å². The van der Waals surface area contributed by atoms with Crippen molar-refractivity contribution in [3.63, 3.8) is 0 Å². The molecule has 2 aromatic carbocycles. The van der Waals surface area contributed by atoms with Crippen LogP contribution in [-0.2, 0) is 0 Å². The van der Waals surface area contributed by atoms with Gasteiger partial charge in [-0.2, -0.15) is 0 Å². The predicted molar refractivity (Wildman–Crippen MR) is 113 cm³/mol. The molecule has 0 radical (unpaired) electrons. The highest BCUT2D eigenvalue weighted by atomic mass is 79.9. The minimum atomic E-state index is -0.198. The van der Waals surface area contributed by atoms with Crippen LogP contribution in [0.5, 0.6) is 0 Å². The first kappa shape index (κ1) is 17.6. The molecule has 0 saturated heterocycles. The lowest BCUT2D eigenvalue weighted by Crippen LogP contribution is -2.12. The van der Waals surface area contributed by atoms with Crippen molar-refractivity contribution in [2.24, 2.45) is 0 Å². The number of aromatic nitrogens is 2. The fraction of sp³-hybridized carbons (Fsp3) is 0. The Labute approximate surface area is 169 Å². The van der Waals surface area contributed by atoms with E-state index < -0.39 is 0 Å². The van der Waals surface area contributed by atoms with Gasteiger partial charge in [0, 0.05) is 39.1 Å². The number of nitrogens with one attached hydrogen (secondary N) is 1. The summed E-state index contributed by atoms with van der Waals surface area (Å²) in [7, 11) is 0. The molecule has 2 aromatic heterocycles. The minimum Gasteiger partial charge on any atom is -0.322 e. The maximum absolute atomic E-state index is 12.3. The van der Waals surface area contributed by atoms with Crippen LogP contribution in [-0.4, -0.2) is 15.9 Å². The van der Waals surface area contributed by atoms with Crippen LogP contribution < -0.4 is 5.32 Å². The molecule has 4 rings (SSSR count). The molecule has 2 heterocycles. The van der Waals surface area contributed by atoms with Crippen molar-refractivity contribution in [1.82, 2.24) is 9.97 Å². The van der Waals surface area contributed by atoms with Gasteiger partial charge in [0.05, 0.1) is 11.3 Å². The average Bonchev–Trinajstić information content (AvgIpc) is 3.19. The molecule has 4 nitrogen and oxygen atoms in total. The van der Waals surface area contributed by atoms with Gasteiger partial charge in [-0.25, -0.2) is 4.98 Å². The quantitative estimate of drug-likeness (QED) is 0.434. The van der Waals surface area contributed by atoms with Crippen LogP contribution in [0.4, 0.5) is 5.69 Å². The summed E-state index contributed by atoms with van der Waals surface area (Å²) in [6.07, 6.45) is 3.18. The topological polar surface area (TPSA) is 54.9 Å². The lowest BCUT2D eigenvalue weighted by molar-refractivity contribution is 0.102. The Kier molecular flexibility index (Phi) is 5.09. The Hall–Kier alpha value is -2.83. The number of carbonyl (C=O) groups is 1. The first-order chi connectivity index (χ1) is 13.2. The van der Waals surface area contributed by atoms with Crippen LogP contribution in [0, 0.1) is 0 Å². The van der Waals surface area contributed by atoms with Crippen molar-refractivity contribution in [3.8, 4) is 21.8 Å². The molecule has 27 heavy (non-hydrogen) atoms. The zero-order chi connectivity index (χ0) is 18.6. The number of carbonyl (C=O) groups excluding carboxylic acids is 1. The van der Waals surface area contributed by atoms with Crippen LogP contribution in [0.3, 0.4) is 0 Å². The van der Waals surface area contributed by atoms with E-state index in [1.807, 2.05) is 47.8 Å². The van der Waals surface area contributed by atoms with Gasteiger partial charge in [0.25, 0.3) is 5.91 Å². The number of anilines is 1. The number of amides is 1. The number of thiazole rings is 1. The molecule has 6 heteroatoms. The van der Waals surface area contributed by atoms with E-state index in [1.165, 1.54) is 6.20 Å². The van der Waals surface area contributed by atoms with Crippen molar-refractivity contribution in [2.75, 3.05) is 5.32 Å². The van der Waals surface area contributed by atoms with Crippen molar-refractivity contribution < 1.29 is 4.79 Å². The van der Waals surface area contributed by atoms with E-state index in [9.17, 15) is 4.79 Å². The van der Waals surface area contributed by atoms with Crippen LogP contribution in [0.1, 0.15) is 10.4 Å². The monoisotopic (exact) mass is 435 g/mol.